The van der Waals surface area contributed by atoms with Crippen molar-refractivity contribution in [1.82, 2.24) is 19.8 Å². The first-order valence-electron chi connectivity index (χ1n) is 17.5. The Morgan fingerprint density at radius 3 is 2.63 bits per heavy atom. The second-order valence-corrected chi connectivity index (χ2v) is 16.1. The Bertz CT molecular complexity index is 1630. The maximum atomic E-state index is 14.2. The third-order valence-electron chi connectivity index (χ3n) is 10.6. The third kappa shape index (κ3) is 7.48. The zero-order valence-corrected chi connectivity index (χ0v) is 28.8. The first kappa shape index (κ1) is 34.9. The van der Waals surface area contributed by atoms with Gasteiger partial charge in [0.05, 0.1) is 29.9 Å². The number of sulfonamides is 1. The van der Waals surface area contributed by atoms with Gasteiger partial charge in [-0.15, -0.1) is 6.58 Å². The van der Waals surface area contributed by atoms with Gasteiger partial charge in [0.2, 0.25) is 21.8 Å². The van der Waals surface area contributed by atoms with E-state index >= 15 is 0 Å². The molecule has 266 valence electrons. The lowest BCUT2D eigenvalue weighted by Gasteiger charge is -2.29. The van der Waals surface area contributed by atoms with Crippen LogP contribution in [-0.2, 0) is 53.4 Å². The van der Waals surface area contributed by atoms with E-state index in [2.05, 4.69) is 16.6 Å². The van der Waals surface area contributed by atoms with E-state index < -0.39 is 74.6 Å². The molecule has 6 rings (SSSR count). The molecule has 3 fully saturated rings. The van der Waals surface area contributed by atoms with E-state index in [1.807, 2.05) is 25.1 Å². The molecule has 1 aromatic rings. The summed E-state index contributed by atoms with van der Waals surface area (Å²) in [6.45, 7) is 6.59. The van der Waals surface area contributed by atoms with E-state index in [1.54, 1.807) is 11.0 Å². The van der Waals surface area contributed by atoms with Crippen LogP contribution in [0, 0.1) is 11.3 Å². The molecule has 2 N–H and O–H groups in total. The number of ether oxygens (including phenoxy) is 2. The van der Waals surface area contributed by atoms with Crippen molar-refractivity contribution < 1.29 is 41.9 Å². The summed E-state index contributed by atoms with van der Waals surface area (Å²) >= 11 is 0. The van der Waals surface area contributed by atoms with Crippen LogP contribution in [0.1, 0.15) is 87.8 Å². The Morgan fingerprint density at radius 2 is 1.92 bits per heavy atom. The number of aryl methyl sites for hydroxylation is 1. The minimum Gasteiger partial charge on any atom is -0.450 e. The number of hydrogen-bond acceptors (Lipinski definition) is 9. The molecule has 0 spiro atoms. The molecule has 13 nitrogen and oxygen atoms in total. The summed E-state index contributed by atoms with van der Waals surface area (Å²) in [5.41, 5.74) is 1.93. The summed E-state index contributed by atoms with van der Waals surface area (Å²) < 4.78 is 38.8. The van der Waals surface area contributed by atoms with Gasteiger partial charge in [0.1, 0.15) is 12.1 Å². The summed E-state index contributed by atoms with van der Waals surface area (Å²) in [7, 11) is -3.85. The number of Topliss-reactive ketones (excluding diaryl/α,β-unsaturated/α-hetero) is 1. The summed E-state index contributed by atoms with van der Waals surface area (Å²) in [5, 5.41) is 2.09. The van der Waals surface area contributed by atoms with Crippen LogP contribution in [0.2, 0.25) is 0 Å². The van der Waals surface area contributed by atoms with Crippen molar-refractivity contribution >= 4 is 39.8 Å². The predicted octanol–water partition coefficient (Wildman–Crippen LogP) is 3.49. The molecule has 2 saturated carbocycles. The van der Waals surface area contributed by atoms with Crippen molar-refractivity contribution in [2.45, 2.75) is 114 Å². The lowest BCUT2D eigenvalue weighted by Crippen LogP contribution is -2.52. The lowest BCUT2D eigenvalue weighted by atomic mass is 9.91. The van der Waals surface area contributed by atoms with E-state index in [-0.39, 0.29) is 32.4 Å². The molecule has 2 aliphatic carbocycles. The third-order valence-corrected chi connectivity index (χ3v) is 12.4. The number of unbranched alkanes of at least 4 members (excludes halogenated alkanes) is 1. The van der Waals surface area contributed by atoms with Crippen molar-refractivity contribution in [2.24, 2.45) is 11.3 Å². The summed E-state index contributed by atoms with van der Waals surface area (Å²) in [4.78, 5) is 71.1. The molecule has 0 aromatic heterocycles. The van der Waals surface area contributed by atoms with Crippen LogP contribution in [0.4, 0.5) is 9.59 Å². The number of hydrogen-bond donors (Lipinski definition) is 2. The zero-order valence-electron chi connectivity index (χ0n) is 28.0. The largest absolute Gasteiger partial charge is 0.450 e. The van der Waals surface area contributed by atoms with Crippen LogP contribution in [0.3, 0.4) is 0 Å². The Kier molecular flexibility index (Phi) is 10.1. The molecule has 1 saturated heterocycles. The Hall–Kier alpha value is -3.94. The smallest absolute Gasteiger partial charge is 0.410 e. The Morgan fingerprint density at radius 1 is 1.14 bits per heavy atom. The lowest BCUT2D eigenvalue weighted by molar-refractivity contribution is -0.140. The van der Waals surface area contributed by atoms with Crippen LogP contribution >= 0.6 is 0 Å². The zero-order chi connectivity index (χ0) is 34.9. The number of nitrogens with one attached hydrogen (secondary N) is 2. The molecule has 0 radical (unpaired) electrons. The van der Waals surface area contributed by atoms with Crippen molar-refractivity contribution in [3.8, 4) is 0 Å². The molecule has 14 heteroatoms. The van der Waals surface area contributed by atoms with Gasteiger partial charge >= 0.3 is 12.2 Å². The fourth-order valence-electron chi connectivity index (χ4n) is 7.44. The van der Waals surface area contributed by atoms with E-state index in [9.17, 15) is 32.4 Å². The maximum Gasteiger partial charge on any atom is 0.410 e. The maximum absolute atomic E-state index is 14.2. The van der Waals surface area contributed by atoms with E-state index in [1.165, 1.54) is 4.90 Å². The van der Waals surface area contributed by atoms with Crippen molar-refractivity contribution in [2.75, 3.05) is 13.2 Å². The minimum atomic E-state index is -3.85. The van der Waals surface area contributed by atoms with Crippen LogP contribution in [0.15, 0.2) is 30.9 Å². The van der Waals surface area contributed by atoms with Crippen LogP contribution in [0.25, 0.3) is 0 Å². The summed E-state index contributed by atoms with van der Waals surface area (Å²) in [5.74, 6) is -2.11. The number of benzene rings is 1. The number of cyclic esters (lactones) is 1. The van der Waals surface area contributed by atoms with Gasteiger partial charge in [-0.3, -0.25) is 24.0 Å². The van der Waals surface area contributed by atoms with Crippen molar-refractivity contribution in [3.63, 3.8) is 0 Å². The monoisotopic (exact) mass is 698 g/mol. The number of amides is 4. The van der Waals surface area contributed by atoms with Gasteiger partial charge in [0, 0.05) is 25.9 Å². The van der Waals surface area contributed by atoms with E-state index in [4.69, 9.17) is 9.47 Å². The number of carbonyl (C=O) groups excluding carboxylic acids is 5. The molecule has 3 aliphatic heterocycles. The molecule has 1 aromatic carbocycles. The van der Waals surface area contributed by atoms with Gasteiger partial charge in [0.25, 0.3) is 0 Å². The fourth-order valence-corrected chi connectivity index (χ4v) is 8.83. The quantitative estimate of drug-likeness (QED) is 0.348. The fraction of sp³-hybridized carbons (Fsp3) is 0.629. The van der Waals surface area contributed by atoms with Gasteiger partial charge in [-0.1, -0.05) is 44.0 Å². The summed E-state index contributed by atoms with van der Waals surface area (Å²) in [6.07, 6.45) is 4.17. The first-order chi connectivity index (χ1) is 23.5. The van der Waals surface area contributed by atoms with Crippen molar-refractivity contribution in [1.29, 1.82) is 0 Å². The van der Waals surface area contributed by atoms with Crippen molar-refractivity contribution in [3.05, 3.63) is 47.5 Å². The van der Waals surface area contributed by atoms with Crippen LogP contribution < -0.4 is 10.0 Å². The molecule has 3 heterocycles. The molecule has 0 unspecified atom stereocenters. The SMILES string of the molecule is C=C[C@@H]1C[C@]1(CC(=O)[C@@H]1C[C@@H]2CN1C(=O)[C@H](CCCC)NC(=O)OCCCCc1cccc3c1CN(C3)C(=O)O2)C(=O)NS(=O)(=O)C1CC1. The number of fused-ring (bicyclic) bond motifs is 3. The average molecular weight is 699 g/mol. The van der Waals surface area contributed by atoms with Crippen LogP contribution in [-0.4, -0.2) is 84.6 Å². The Balaban J connectivity index is 1.25. The second-order valence-electron chi connectivity index (χ2n) is 14.1. The van der Waals surface area contributed by atoms with Gasteiger partial charge in [0.15, 0.2) is 5.78 Å². The molecule has 4 bridgehead atoms. The molecule has 5 atom stereocenters. The second kappa shape index (κ2) is 14.1. The highest BCUT2D eigenvalue weighted by Gasteiger charge is 2.61. The number of rotatable bonds is 10. The molecule has 49 heavy (non-hydrogen) atoms. The predicted molar refractivity (Wildman–Crippen MR) is 177 cm³/mol. The summed E-state index contributed by atoms with van der Waals surface area (Å²) in [6, 6.07) is 3.95. The number of carbonyl (C=O) groups is 5. The number of nitrogens with zero attached hydrogens (tertiary/aromatic N) is 2. The first-order valence-corrected chi connectivity index (χ1v) is 19.0. The number of alkyl carbamates (subject to hydrolysis) is 1. The highest BCUT2D eigenvalue weighted by atomic mass is 32.2. The van der Waals surface area contributed by atoms with Gasteiger partial charge in [-0.2, -0.15) is 0 Å². The molecule has 4 amide bonds. The van der Waals surface area contributed by atoms with E-state index in [0.29, 0.717) is 45.2 Å². The molecule has 5 aliphatic rings. The van der Waals surface area contributed by atoms with E-state index in [0.717, 1.165) is 36.0 Å². The molecular formula is C35H46N4O9S. The Labute approximate surface area is 287 Å². The highest BCUT2D eigenvalue weighted by Crippen LogP contribution is 2.57. The highest BCUT2D eigenvalue weighted by molar-refractivity contribution is 7.90. The van der Waals surface area contributed by atoms with Gasteiger partial charge in [-0.05, 0) is 67.6 Å². The average Bonchev–Trinajstić information content (AvgIpc) is 3.96. The van der Waals surface area contributed by atoms with Gasteiger partial charge < -0.3 is 19.7 Å². The number of allylic oxidation sites excluding steroid dienone is 1. The topological polar surface area (TPSA) is 168 Å². The van der Waals surface area contributed by atoms with Crippen LogP contribution in [0.5, 0.6) is 0 Å². The minimum absolute atomic E-state index is 0.00409. The number of ketones is 1. The molecular weight excluding hydrogens is 652 g/mol. The standard InChI is InChI=1S/C35H46N4O9S/c1-3-5-12-28-31(41)39-20-25(16-29(39)30(40)18-35(17-24(35)4-2)32(42)37-49(45,46)26-13-14-26)48-34(44)38-19-23-11-8-10-22(27(23)21-38)9-6-7-15-47-33(43)36-28/h4,8,10-11,24-26,28-29H,2-3,5-7,9,12-21H2,1H3,(H,36,43)(H,37,42)/t24-,25-,28+,29+,35-/m1/s1. The van der Waals surface area contributed by atoms with Gasteiger partial charge in [-0.25, -0.2) is 18.0 Å². The normalized spacial score (nSPS) is 28.9.